The number of nitrogens with zero attached hydrogens (tertiary/aromatic N) is 1. The number of aromatic nitrogens is 1. The molecule has 86 valence electrons. The number of hydrogen-bond acceptors (Lipinski definition) is 3. The summed E-state index contributed by atoms with van der Waals surface area (Å²) in [5.41, 5.74) is 0. The van der Waals surface area contributed by atoms with Crippen LogP contribution >= 0.6 is 11.6 Å². The minimum atomic E-state index is -0.00179. The lowest BCUT2D eigenvalue weighted by atomic mass is 9.99. The lowest BCUT2D eigenvalue weighted by molar-refractivity contribution is -0.122. The Morgan fingerprint density at radius 2 is 2.25 bits per heavy atom. The average Bonchev–Trinajstić information content (AvgIpc) is 2.30. The summed E-state index contributed by atoms with van der Waals surface area (Å²) in [6.45, 7) is 1.31. The van der Waals surface area contributed by atoms with Gasteiger partial charge in [0.05, 0.1) is 0 Å². The Morgan fingerprint density at radius 1 is 1.50 bits per heavy atom. The van der Waals surface area contributed by atoms with Gasteiger partial charge in [-0.05, 0) is 25.0 Å². The van der Waals surface area contributed by atoms with Crippen LogP contribution in [0.25, 0.3) is 0 Å². The molecule has 4 nitrogen and oxygen atoms in total. The highest BCUT2D eigenvalue weighted by Gasteiger charge is 2.21. The maximum atomic E-state index is 11.8. The number of nitrogens with one attached hydrogen (secondary N) is 1. The highest BCUT2D eigenvalue weighted by atomic mass is 35.5. The Kier molecular flexibility index (Phi) is 3.74. The van der Waals surface area contributed by atoms with E-state index >= 15 is 0 Å². The van der Waals surface area contributed by atoms with Gasteiger partial charge in [0, 0.05) is 30.4 Å². The molecule has 1 amide bonds. The second kappa shape index (κ2) is 5.27. The number of ether oxygens (including phenoxy) is 1. The van der Waals surface area contributed by atoms with Gasteiger partial charge in [-0.2, -0.15) is 0 Å². The van der Waals surface area contributed by atoms with E-state index in [0.29, 0.717) is 24.1 Å². The zero-order valence-electron chi connectivity index (χ0n) is 8.78. The van der Waals surface area contributed by atoms with Crippen molar-refractivity contribution >= 4 is 23.3 Å². The second-order valence-electron chi connectivity index (χ2n) is 3.74. The van der Waals surface area contributed by atoms with Crippen LogP contribution in [0.2, 0.25) is 5.02 Å². The zero-order chi connectivity index (χ0) is 11.4. The number of rotatable bonds is 2. The fraction of sp³-hybridized carbons (Fsp3) is 0.455. The third-order valence-electron chi connectivity index (χ3n) is 2.57. The van der Waals surface area contributed by atoms with E-state index < -0.39 is 0 Å². The molecule has 0 radical (unpaired) electrons. The lowest BCUT2D eigenvalue weighted by Crippen LogP contribution is -2.28. The van der Waals surface area contributed by atoms with Gasteiger partial charge in [0.1, 0.15) is 5.82 Å². The molecule has 0 aromatic carbocycles. The van der Waals surface area contributed by atoms with Crippen LogP contribution < -0.4 is 5.32 Å². The molecular weight excluding hydrogens is 228 g/mol. The number of anilines is 1. The van der Waals surface area contributed by atoms with Crippen LogP contribution in [0.3, 0.4) is 0 Å². The number of carbonyl (C=O) groups is 1. The number of pyridine rings is 1. The van der Waals surface area contributed by atoms with E-state index in [1.807, 2.05) is 0 Å². The Labute approximate surface area is 99.0 Å². The van der Waals surface area contributed by atoms with Crippen molar-refractivity contribution in [3.05, 3.63) is 23.4 Å². The molecule has 16 heavy (non-hydrogen) atoms. The van der Waals surface area contributed by atoms with Crippen LogP contribution in [0.5, 0.6) is 0 Å². The Morgan fingerprint density at radius 3 is 2.94 bits per heavy atom. The summed E-state index contributed by atoms with van der Waals surface area (Å²) in [5.74, 6) is 0.525. The summed E-state index contributed by atoms with van der Waals surface area (Å²) < 4.78 is 5.20. The van der Waals surface area contributed by atoms with E-state index in [9.17, 15) is 4.79 Å². The second-order valence-corrected chi connectivity index (χ2v) is 4.17. The minimum Gasteiger partial charge on any atom is -0.381 e. The first-order chi connectivity index (χ1) is 7.75. The zero-order valence-corrected chi connectivity index (χ0v) is 9.54. The Bertz CT molecular complexity index is 378. The van der Waals surface area contributed by atoms with Gasteiger partial charge < -0.3 is 10.1 Å². The monoisotopic (exact) mass is 240 g/mol. The third-order valence-corrected chi connectivity index (χ3v) is 2.80. The molecule has 1 N–H and O–H groups in total. The highest BCUT2D eigenvalue weighted by molar-refractivity contribution is 6.30. The molecule has 0 saturated carbocycles. The van der Waals surface area contributed by atoms with Crippen LogP contribution in [0.1, 0.15) is 12.8 Å². The molecule has 0 spiro atoms. The van der Waals surface area contributed by atoms with Gasteiger partial charge in [-0.1, -0.05) is 11.6 Å². The van der Waals surface area contributed by atoms with Gasteiger partial charge in [-0.3, -0.25) is 4.79 Å². The molecule has 1 fully saturated rings. The van der Waals surface area contributed by atoms with Crippen molar-refractivity contribution in [2.45, 2.75) is 12.8 Å². The van der Waals surface area contributed by atoms with E-state index in [-0.39, 0.29) is 11.8 Å². The minimum absolute atomic E-state index is 0.00179. The molecule has 1 aliphatic rings. The van der Waals surface area contributed by atoms with E-state index in [0.717, 1.165) is 12.8 Å². The van der Waals surface area contributed by atoms with Gasteiger partial charge in [-0.15, -0.1) is 0 Å². The van der Waals surface area contributed by atoms with Gasteiger partial charge >= 0.3 is 0 Å². The molecule has 0 bridgehead atoms. The molecule has 2 rings (SSSR count). The molecule has 1 aliphatic heterocycles. The van der Waals surface area contributed by atoms with Crippen molar-refractivity contribution < 1.29 is 9.53 Å². The quantitative estimate of drug-likeness (QED) is 0.861. The third kappa shape index (κ3) is 2.93. The average molecular weight is 241 g/mol. The lowest BCUT2D eigenvalue weighted by Gasteiger charge is -2.20. The molecule has 2 heterocycles. The first kappa shape index (κ1) is 11.4. The molecule has 1 aromatic rings. The van der Waals surface area contributed by atoms with Gasteiger partial charge in [-0.25, -0.2) is 4.98 Å². The van der Waals surface area contributed by atoms with Crippen molar-refractivity contribution in [1.82, 2.24) is 4.98 Å². The van der Waals surface area contributed by atoms with Crippen LogP contribution in [-0.2, 0) is 9.53 Å². The van der Waals surface area contributed by atoms with Crippen molar-refractivity contribution in [3.63, 3.8) is 0 Å². The highest BCUT2D eigenvalue weighted by Crippen LogP contribution is 2.18. The topological polar surface area (TPSA) is 51.2 Å². The van der Waals surface area contributed by atoms with Crippen molar-refractivity contribution in [2.75, 3.05) is 18.5 Å². The van der Waals surface area contributed by atoms with Gasteiger partial charge in [0.15, 0.2) is 0 Å². The molecule has 1 aromatic heterocycles. The summed E-state index contributed by atoms with van der Waals surface area (Å²) in [6.07, 6.45) is 3.11. The van der Waals surface area contributed by atoms with Crippen molar-refractivity contribution in [3.8, 4) is 0 Å². The summed E-state index contributed by atoms with van der Waals surface area (Å²) in [7, 11) is 0. The predicted octanol–water partition coefficient (Wildman–Crippen LogP) is 2.10. The number of carbonyl (C=O) groups excluding carboxylic acids is 1. The summed E-state index contributed by atoms with van der Waals surface area (Å²) in [6, 6.07) is 3.31. The van der Waals surface area contributed by atoms with E-state index in [1.54, 1.807) is 18.3 Å². The van der Waals surface area contributed by atoms with Crippen LogP contribution in [0.4, 0.5) is 5.82 Å². The van der Waals surface area contributed by atoms with Crippen molar-refractivity contribution in [1.29, 1.82) is 0 Å². The summed E-state index contributed by atoms with van der Waals surface area (Å²) in [4.78, 5) is 15.9. The molecule has 0 aliphatic carbocycles. The molecule has 0 atom stereocenters. The molecule has 5 heteroatoms. The summed E-state index contributed by atoms with van der Waals surface area (Å²) >= 11 is 5.80. The SMILES string of the molecule is O=C(Nc1cc(Cl)ccn1)C1CCOCC1. The molecule has 0 unspecified atom stereocenters. The van der Waals surface area contributed by atoms with Gasteiger partial charge in [0.2, 0.25) is 5.91 Å². The van der Waals surface area contributed by atoms with Crippen LogP contribution in [0.15, 0.2) is 18.3 Å². The van der Waals surface area contributed by atoms with Gasteiger partial charge in [0.25, 0.3) is 0 Å². The molecule has 1 saturated heterocycles. The number of amides is 1. The largest absolute Gasteiger partial charge is 0.381 e. The first-order valence-corrected chi connectivity index (χ1v) is 5.63. The standard InChI is InChI=1S/C11H13ClN2O2/c12-9-1-4-13-10(7-9)14-11(15)8-2-5-16-6-3-8/h1,4,7-8H,2-3,5-6H2,(H,13,14,15). The summed E-state index contributed by atoms with van der Waals surface area (Å²) in [5, 5.41) is 3.33. The van der Waals surface area contributed by atoms with E-state index in [1.165, 1.54) is 0 Å². The van der Waals surface area contributed by atoms with Crippen LogP contribution in [-0.4, -0.2) is 24.1 Å². The number of halogens is 1. The van der Waals surface area contributed by atoms with E-state index in [2.05, 4.69) is 10.3 Å². The normalized spacial score (nSPS) is 17.1. The van der Waals surface area contributed by atoms with Crippen molar-refractivity contribution in [2.24, 2.45) is 5.92 Å². The smallest absolute Gasteiger partial charge is 0.228 e. The number of hydrogen-bond donors (Lipinski definition) is 1. The fourth-order valence-electron chi connectivity index (χ4n) is 1.66. The Hall–Kier alpha value is -1.13. The maximum Gasteiger partial charge on any atom is 0.228 e. The maximum absolute atomic E-state index is 11.8. The molecular formula is C11H13ClN2O2. The van der Waals surface area contributed by atoms with Crippen LogP contribution in [0, 0.1) is 5.92 Å². The first-order valence-electron chi connectivity index (χ1n) is 5.26. The Balaban J connectivity index is 1.96. The fourth-order valence-corrected chi connectivity index (χ4v) is 1.82. The predicted molar refractivity (Wildman–Crippen MR) is 61.4 cm³/mol. The van der Waals surface area contributed by atoms with E-state index in [4.69, 9.17) is 16.3 Å².